The van der Waals surface area contributed by atoms with E-state index < -0.39 is 10.0 Å². The van der Waals surface area contributed by atoms with Crippen molar-refractivity contribution in [1.29, 1.82) is 0 Å². The molecule has 1 N–H and O–H groups in total. The summed E-state index contributed by atoms with van der Waals surface area (Å²) in [6.07, 6.45) is 2.45. The molecule has 1 aromatic carbocycles. The zero-order valence-electron chi connectivity index (χ0n) is 11.5. The lowest BCUT2D eigenvalue weighted by Crippen LogP contribution is -2.23. The van der Waals surface area contributed by atoms with E-state index in [0.717, 1.165) is 12.1 Å². The van der Waals surface area contributed by atoms with Gasteiger partial charge in [0.25, 0.3) is 0 Å². The van der Waals surface area contributed by atoms with E-state index in [1.807, 2.05) is 6.07 Å². The highest BCUT2D eigenvalue weighted by Crippen LogP contribution is 2.27. The Labute approximate surface area is 114 Å². The molecule has 1 fully saturated rings. The summed E-state index contributed by atoms with van der Waals surface area (Å²) >= 11 is 0. The molecule has 2 rings (SSSR count). The zero-order chi connectivity index (χ0) is 14.0. The maximum Gasteiger partial charge on any atom is 0.246 e. The molecule has 0 radical (unpaired) electrons. The fourth-order valence-electron chi connectivity index (χ4n) is 1.78. The van der Waals surface area contributed by atoms with Crippen LogP contribution in [0.5, 0.6) is 5.75 Å². The molecule has 0 saturated heterocycles. The quantitative estimate of drug-likeness (QED) is 0.852. The van der Waals surface area contributed by atoms with Crippen LogP contribution in [-0.2, 0) is 16.6 Å². The first kappa shape index (κ1) is 14.3. The first-order chi connectivity index (χ1) is 8.95. The normalized spacial score (nSPS) is 15.8. The summed E-state index contributed by atoms with van der Waals surface area (Å²) in [7, 11) is 1.04. The van der Waals surface area contributed by atoms with Crippen molar-refractivity contribution in [3.8, 4) is 5.75 Å². The summed E-state index contributed by atoms with van der Waals surface area (Å²) in [6.45, 7) is 0.739. The van der Waals surface area contributed by atoms with E-state index in [1.54, 1.807) is 12.1 Å². The molecule has 0 aromatic heterocycles. The third kappa shape index (κ3) is 3.26. The topological polar surface area (TPSA) is 58.6 Å². The molecule has 0 unspecified atom stereocenters. The van der Waals surface area contributed by atoms with Crippen LogP contribution in [0.2, 0.25) is 0 Å². The SMILES string of the molecule is COc1cc(CNC2CC2)ccc1S(=O)(=O)N(C)C. The smallest absolute Gasteiger partial charge is 0.246 e. The molecule has 1 aliphatic rings. The van der Waals surface area contributed by atoms with E-state index in [2.05, 4.69) is 5.32 Å². The van der Waals surface area contributed by atoms with Gasteiger partial charge in [0.2, 0.25) is 10.0 Å². The van der Waals surface area contributed by atoms with Gasteiger partial charge >= 0.3 is 0 Å². The van der Waals surface area contributed by atoms with E-state index in [9.17, 15) is 8.42 Å². The predicted molar refractivity (Wildman–Crippen MR) is 73.7 cm³/mol. The van der Waals surface area contributed by atoms with Crippen molar-refractivity contribution in [3.63, 3.8) is 0 Å². The van der Waals surface area contributed by atoms with Crippen LogP contribution in [0, 0.1) is 0 Å². The number of hydrogen-bond acceptors (Lipinski definition) is 4. The number of nitrogens with one attached hydrogen (secondary N) is 1. The second-order valence-corrected chi connectivity index (χ2v) is 7.05. The third-order valence-corrected chi connectivity index (χ3v) is 5.01. The molecule has 0 amide bonds. The van der Waals surface area contributed by atoms with Crippen LogP contribution in [-0.4, -0.2) is 40.0 Å². The molecule has 106 valence electrons. The molecule has 1 saturated carbocycles. The zero-order valence-corrected chi connectivity index (χ0v) is 12.3. The maximum absolute atomic E-state index is 12.1. The minimum Gasteiger partial charge on any atom is -0.495 e. The number of rotatable bonds is 6. The van der Waals surface area contributed by atoms with Crippen molar-refractivity contribution in [2.75, 3.05) is 21.2 Å². The number of nitrogens with zero attached hydrogens (tertiary/aromatic N) is 1. The Morgan fingerprint density at radius 1 is 1.37 bits per heavy atom. The second kappa shape index (κ2) is 5.48. The molecule has 1 aromatic rings. The molecule has 0 bridgehead atoms. The molecule has 19 heavy (non-hydrogen) atoms. The molecule has 0 atom stereocenters. The van der Waals surface area contributed by atoms with Crippen molar-refractivity contribution < 1.29 is 13.2 Å². The highest BCUT2D eigenvalue weighted by molar-refractivity contribution is 7.89. The molecule has 0 spiro atoms. The Kier molecular flexibility index (Phi) is 4.13. The Balaban J connectivity index is 2.25. The van der Waals surface area contributed by atoms with Crippen molar-refractivity contribution >= 4 is 10.0 Å². The van der Waals surface area contributed by atoms with Crippen molar-refractivity contribution in [2.24, 2.45) is 0 Å². The van der Waals surface area contributed by atoms with Gasteiger partial charge in [0, 0.05) is 26.7 Å². The van der Waals surface area contributed by atoms with Gasteiger partial charge in [0.05, 0.1) is 7.11 Å². The third-order valence-electron chi connectivity index (χ3n) is 3.16. The highest BCUT2D eigenvalue weighted by atomic mass is 32.2. The standard InChI is InChI=1S/C13H20N2O3S/c1-15(2)19(16,17)13-7-4-10(8-12(13)18-3)9-14-11-5-6-11/h4,7-8,11,14H,5-6,9H2,1-3H3. The average molecular weight is 284 g/mol. The van der Waals surface area contributed by atoms with Gasteiger partial charge in [0.15, 0.2) is 0 Å². The fourth-order valence-corrected chi connectivity index (χ4v) is 2.81. The Morgan fingerprint density at radius 3 is 2.58 bits per heavy atom. The van der Waals surface area contributed by atoms with E-state index in [4.69, 9.17) is 4.74 Å². The Hall–Kier alpha value is -1.11. The fraction of sp³-hybridized carbons (Fsp3) is 0.538. The van der Waals surface area contributed by atoms with Crippen LogP contribution in [0.15, 0.2) is 23.1 Å². The highest BCUT2D eigenvalue weighted by Gasteiger charge is 2.23. The Morgan fingerprint density at radius 2 is 2.05 bits per heavy atom. The van der Waals surface area contributed by atoms with Gasteiger partial charge < -0.3 is 10.1 Å². The second-order valence-electron chi connectivity index (χ2n) is 4.93. The van der Waals surface area contributed by atoms with Crippen LogP contribution in [0.1, 0.15) is 18.4 Å². The van der Waals surface area contributed by atoms with Gasteiger partial charge in [-0.3, -0.25) is 0 Å². The summed E-state index contributed by atoms with van der Waals surface area (Å²) < 4.78 is 30.7. The minimum atomic E-state index is -3.47. The number of hydrogen-bond donors (Lipinski definition) is 1. The number of sulfonamides is 1. The monoisotopic (exact) mass is 284 g/mol. The van der Waals surface area contributed by atoms with Gasteiger partial charge in [0.1, 0.15) is 10.6 Å². The Bertz CT molecular complexity index is 551. The van der Waals surface area contributed by atoms with E-state index in [-0.39, 0.29) is 4.90 Å². The van der Waals surface area contributed by atoms with Gasteiger partial charge in [-0.2, -0.15) is 0 Å². The van der Waals surface area contributed by atoms with Crippen molar-refractivity contribution in [1.82, 2.24) is 9.62 Å². The van der Waals surface area contributed by atoms with Crippen LogP contribution >= 0.6 is 0 Å². The first-order valence-corrected chi connectivity index (χ1v) is 7.72. The van der Waals surface area contributed by atoms with Crippen molar-refractivity contribution in [3.05, 3.63) is 23.8 Å². The molecular weight excluding hydrogens is 264 g/mol. The van der Waals surface area contributed by atoms with E-state index >= 15 is 0 Å². The lowest BCUT2D eigenvalue weighted by atomic mass is 10.2. The summed E-state index contributed by atoms with van der Waals surface area (Å²) in [5, 5.41) is 3.39. The van der Waals surface area contributed by atoms with E-state index in [1.165, 1.54) is 38.4 Å². The van der Waals surface area contributed by atoms with Gasteiger partial charge in [-0.05, 0) is 30.5 Å². The average Bonchev–Trinajstić information content (AvgIpc) is 3.19. The largest absolute Gasteiger partial charge is 0.495 e. The van der Waals surface area contributed by atoms with E-state index in [0.29, 0.717) is 11.8 Å². The molecule has 0 aliphatic heterocycles. The predicted octanol–water partition coefficient (Wildman–Crippen LogP) is 1.20. The van der Waals surface area contributed by atoms with Crippen LogP contribution in [0.4, 0.5) is 0 Å². The lowest BCUT2D eigenvalue weighted by Gasteiger charge is -2.15. The van der Waals surface area contributed by atoms with Crippen LogP contribution < -0.4 is 10.1 Å². The van der Waals surface area contributed by atoms with Crippen LogP contribution in [0.25, 0.3) is 0 Å². The molecule has 1 aliphatic carbocycles. The number of benzene rings is 1. The molecule has 0 heterocycles. The molecule has 5 nitrogen and oxygen atoms in total. The first-order valence-electron chi connectivity index (χ1n) is 6.28. The molecular formula is C13H20N2O3S. The van der Waals surface area contributed by atoms with Crippen molar-refractivity contribution in [2.45, 2.75) is 30.3 Å². The van der Waals surface area contributed by atoms with Gasteiger partial charge in [-0.1, -0.05) is 6.07 Å². The summed E-state index contributed by atoms with van der Waals surface area (Å²) in [4.78, 5) is 0.204. The maximum atomic E-state index is 12.1. The summed E-state index contributed by atoms with van der Waals surface area (Å²) in [5.74, 6) is 0.392. The van der Waals surface area contributed by atoms with Gasteiger partial charge in [-0.25, -0.2) is 12.7 Å². The number of methoxy groups -OCH3 is 1. The van der Waals surface area contributed by atoms with Gasteiger partial charge in [-0.15, -0.1) is 0 Å². The molecule has 6 heteroatoms. The van der Waals surface area contributed by atoms with Crippen LogP contribution in [0.3, 0.4) is 0 Å². The lowest BCUT2D eigenvalue weighted by molar-refractivity contribution is 0.399. The summed E-state index contributed by atoms with van der Waals surface area (Å²) in [5.41, 5.74) is 1.03. The minimum absolute atomic E-state index is 0.204. The number of ether oxygens (including phenoxy) is 1. The summed E-state index contributed by atoms with van der Waals surface area (Å²) in [6, 6.07) is 5.84.